The highest BCUT2D eigenvalue weighted by Gasteiger charge is 2.31. The van der Waals surface area contributed by atoms with Crippen LogP contribution in [0.5, 0.6) is 0 Å². The highest BCUT2D eigenvalue weighted by molar-refractivity contribution is 8.13. The molecule has 0 radical (unpaired) electrons. The number of nitrogens with zero attached hydrogens (tertiary/aromatic N) is 3. The van der Waals surface area contributed by atoms with Crippen LogP contribution >= 0.6 is 23.1 Å². The van der Waals surface area contributed by atoms with Crippen molar-refractivity contribution in [2.45, 2.75) is 25.4 Å². The van der Waals surface area contributed by atoms with E-state index < -0.39 is 0 Å². The minimum atomic E-state index is 0.585. The van der Waals surface area contributed by atoms with Crippen molar-refractivity contribution in [3.05, 3.63) is 22.4 Å². The minimum Gasteiger partial charge on any atom is -0.342 e. The molecule has 0 amide bonds. The average molecular weight is 251 g/mol. The Morgan fingerprint density at radius 2 is 2.56 bits per heavy atom. The molecule has 1 aliphatic carbocycles. The van der Waals surface area contributed by atoms with Crippen molar-refractivity contribution >= 4 is 28.3 Å². The Balaban J connectivity index is 2.11. The molecule has 16 heavy (non-hydrogen) atoms. The lowest BCUT2D eigenvalue weighted by Crippen LogP contribution is -2.30. The van der Waals surface area contributed by atoms with Crippen LogP contribution in [-0.2, 0) is 6.54 Å². The maximum atomic E-state index is 8.67. The number of nitriles is 1. The van der Waals surface area contributed by atoms with E-state index >= 15 is 0 Å². The van der Waals surface area contributed by atoms with Crippen molar-refractivity contribution in [3.8, 4) is 6.19 Å². The molecular weight excluding hydrogens is 238 g/mol. The summed E-state index contributed by atoms with van der Waals surface area (Å²) >= 11 is 3.30. The molecule has 0 saturated heterocycles. The molecule has 0 bridgehead atoms. The average Bonchev–Trinajstić information content (AvgIpc) is 3.01. The van der Waals surface area contributed by atoms with Crippen LogP contribution in [0.15, 0.2) is 22.5 Å². The first-order valence-corrected chi connectivity index (χ1v) is 7.25. The van der Waals surface area contributed by atoms with Gasteiger partial charge in [-0.1, -0.05) is 17.8 Å². The van der Waals surface area contributed by atoms with Gasteiger partial charge in [0, 0.05) is 10.9 Å². The summed E-state index contributed by atoms with van der Waals surface area (Å²) in [7, 11) is 0. The van der Waals surface area contributed by atoms with Crippen LogP contribution in [0.25, 0.3) is 0 Å². The molecule has 0 aliphatic heterocycles. The van der Waals surface area contributed by atoms with Crippen molar-refractivity contribution < 1.29 is 0 Å². The summed E-state index contributed by atoms with van der Waals surface area (Å²) in [6.07, 6.45) is 6.30. The van der Waals surface area contributed by atoms with Crippen LogP contribution in [0.3, 0.4) is 0 Å². The first-order valence-electron chi connectivity index (χ1n) is 5.15. The van der Waals surface area contributed by atoms with E-state index in [1.165, 1.54) is 17.7 Å². The van der Waals surface area contributed by atoms with Crippen LogP contribution in [0.1, 0.15) is 17.7 Å². The second-order valence-corrected chi connectivity index (χ2v) is 5.44. The third kappa shape index (κ3) is 2.77. The quantitative estimate of drug-likeness (QED) is 0.471. The Labute approximate surface area is 104 Å². The molecule has 0 aromatic carbocycles. The second-order valence-electron chi connectivity index (χ2n) is 3.64. The van der Waals surface area contributed by atoms with Crippen molar-refractivity contribution in [2.24, 2.45) is 4.99 Å². The predicted molar refractivity (Wildman–Crippen MR) is 69.4 cm³/mol. The van der Waals surface area contributed by atoms with E-state index in [9.17, 15) is 0 Å². The fraction of sp³-hybridized carbons (Fsp3) is 0.455. The molecule has 0 atom stereocenters. The van der Waals surface area contributed by atoms with E-state index in [1.807, 2.05) is 12.4 Å². The zero-order chi connectivity index (χ0) is 11.4. The maximum absolute atomic E-state index is 8.67. The van der Waals surface area contributed by atoms with E-state index in [-0.39, 0.29) is 0 Å². The first kappa shape index (κ1) is 11.5. The number of aliphatic imine (C=N–C) groups is 1. The highest BCUT2D eigenvalue weighted by Crippen LogP contribution is 2.31. The van der Waals surface area contributed by atoms with Gasteiger partial charge in [-0.15, -0.1) is 16.3 Å². The Morgan fingerprint density at radius 1 is 1.75 bits per heavy atom. The Kier molecular flexibility index (Phi) is 3.86. The summed E-state index contributed by atoms with van der Waals surface area (Å²) in [6.45, 7) is 0.879. The van der Waals surface area contributed by atoms with Gasteiger partial charge >= 0.3 is 0 Å². The van der Waals surface area contributed by atoms with Crippen LogP contribution < -0.4 is 0 Å². The molecule has 3 nitrogen and oxygen atoms in total. The summed E-state index contributed by atoms with van der Waals surface area (Å²) in [5, 5.41) is 11.6. The van der Waals surface area contributed by atoms with E-state index in [0.717, 1.165) is 11.7 Å². The van der Waals surface area contributed by atoms with Gasteiger partial charge in [0.05, 0.1) is 6.54 Å². The van der Waals surface area contributed by atoms with Crippen LogP contribution in [0.4, 0.5) is 0 Å². The standard InChI is InChI=1S/C11H13N3S2/c1-15-11(13-8-12)14(9-4-5-9)7-10-3-2-6-16-10/h2-3,6,9H,4-5,7H2,1H3. The SMILES string of the molecule is CSC(=NC#N)N(Cc1cccs1)C1CC1. The summed E-state index contributed by atoms with van der Waals surface area (Å²) in [6, 6.07) is 4.77. The summed E-state index contributed by atoms with van der Waals surface area (Å²) in [5.74, 6) is 0. The smallest absolute Gasteiger partial charge is 0.208 e. The molecule has 2 rings (SSSR count). The van der Waals surface area contributed by atoms with Crippen molar-refractivity contribution in [2.75, 3.05) is 6.26 Å². The van der Waals surface area contributed by atoms with E-state index in [1.54, 1.807) is 23.1 Å². The molecule has 1 aromatic rings. The fourth-order valence-electron chi connectivity index (χ4n) is 1.58. The van der Waals surface area contributed by atoms with Crippen molar-refractivity contribution in [1.82, 2.24) is 4.90 Å². The molecule has 84 valence electrons. The number of rotatable bonds is 3. The molecule has 0 spiro atoms. The zero-order valence-corrected chi connectivity index (χ0v) is 10.7. The van der Waals surface area contributed by atoms with Crippen molar-refractivity contribution in [1.29, 1.82) is 5.26 Å². The van der Waals surface area contributed by atoms with E-state index in [0.29, 0.717) is 6.04 Å². The van der Waals surface area contributed by atoms with Gasteiger partial charge in [0.25, 0.3) is 0 Å². The van der Waals surface area contributed by atoms with Gasteiger partial charge in [-0.05, 0) is 30.5 Å². The lowest BCUT2D eigenvalue weighted by Gasteiger charge is -2.23. The topological polar surface area (TPSA) is 39.4 Å². The maximum Gasteiger partial charge on any atom is 0.208 e. The molecule has 1 saturated carbocycles. The van der Waals surface area contributed by atoms with Gasteiger partial charge in [0.2, 0.25) is 6.19 Å². The van der Waals surface area contributed by atoms with Gasteiger partial charge in [-0.2, -0.15) is 5.26 Å². The number of thioether (sulfide) groups is 1. The number of hydrogen-bond donors (Lipinski definition) is 0. The number of hydrogen-bond acceptors (Lipinski definition) is 4. The zero-order valence-electron chi connectivity index (χ0n) is 9.09. The molecule has 1 aliphatic rings. The highest BCUT2D eigenvalue weighted by atomic mass is 32.2. The third-order valence-electron chi connectivity index (χ3n) is 2.47. The molecule has 1 heterocycles. The van der Waals surface area contributed by atoms with Crippen LogP contribution in [0, 0.1) is 11.5 Å². The summed E-state index contributed by atoms with van der Waals surface area (Å²) in [4.78, 5) is 7.48. The van der Waals surface area contributed by atoms with Gasteiger partial charge in [-0.3, -0.25) is 0 Å². The Bertz CT molecular complexity index is 401. The molecule has 0 N–H and O–H groups in total. The fourth-order valence-corrected chi connectivity index (χ4v) is 2.86. The monoisotopic (exact) mass is 251 g/mol. The van der Waals surface area contributed by atoms with Gasteiger partial charge in [0.15, 0.2) is 5.17 Å². The number of amidine groups is 1. The van der Waals surface area contributed by atoms with Crippen molar-refractivity contribution in [3.63, 3.8) is 0 Å². The minimum absolute atomic E-state index is 0.585. The lowest BCUT2D eigenvalue weighted by atomic mass is 10.4. The molecule has 5 heteroatoms. The van der Waals surface area contributed by atoms with E-state index in [4.69, 9.17) is 5.26 Å². The van der Waals surface area contributed by atoms with Crippen LogP contribution in [-0.4, -0.2) is 22.4 Å². The predicted octanol–water partition coefficient (Wildman–Crippen LogP) is 2.91. The van der Waals surface area contributed by atoms with Crippen LogP contribution in [0.2, 0.25) is 0 Å². The lowest BCUT2D eigenvalue weighted by molar-refractivity contribution is 0.415. The largest absolute Gasteiger partial charge is 0.342 e. The van der Waals surface area contributed by atoms with E-state index in [2.05, 4.69) is 27.4 Å². The third-order valence-corrected chi connectivity index (χ3v) is 4.02. The Morgan fingerprint density at radius 3 is 3.06 bits per heavy atom. The van der Waals surface area contributed by atoms with Gasteiger partial charge in [0.1, 0.15) is 0 Å². The number of thiophene rings is 1. The van der Waals surface area contributed by atoms with Gasteiger partial charge < -0.3 is 4.90 Å². The second kappa shape index (κ2) is 5.37. The normalized spacial score (nSPS) is 15.9. The summed E-state index contributed by atoms with van der Waals surface area (Å²) < 4.78 is 0. The Hall–Kier alpha value is -0.990. The molecule has 1 aromatic heterocycles. The first-order chi connectivity index (χ1) is 7.85. The van der Waals surface area contributed by atoms with Gasteiger partial charge in [-0.25, -0.2) is 0 Å². The molecule has 0 unspecified atom stereocenters. The molecular formula is C11H13N3S2. The molecule has 1 fully saturated rings. The summed E-state index contributed by atoms with van der Waals surface area (Å²) in [5.41, 5.74) is 0.